The molecule has 0 radical (unpaired) electrons. The molecule has 112 valence electrons. The lowest BCUT2D eigenvalue weighted by molar-refractivity contribution is 0.0646. The monoisotopic (exact) mass is 295 g/mol. The number of imide groups is 1. The number of para-hydroxylation sites is 1. The summed E-state index contributed by atoms with van der Waals surface area (Å²) in [5, 5.41) is 0. The number of benzene rings is 2. The zero-order chi connectivity index (χ0) is 15.5. The number of amides is 2. The molecule has 1 aliphatic rings. The van der Waals surface area contributed by atoms with Crippen LogP contribution in [0.2, 0.25) is 0 Å². The maximum absolute atomic E-state index is 12.4. The predicted molar refractivity (Wildman–Crippen MR) is 83.1 cm³/mol. The van der Waals surface area contributed by atoms with Gasteiger partial charge in [-0.3, -0.25) is 14.5 Å². The molecule has 3 rings (SSSR count). The Kier molecular flexibility index (Phi) is 3.92. The smallest absolute Gasteiger partial charge is 0.261 e. The molecule has 2 aromatic carbocycles. The summed E-state index contributed by atoms with van der Waals surface area (Å²) < 4.78 is 5.59. The van der Waals surface area contributed by atoms with E-state index in [1.54, 1.807) is 12.1 Å². The molecule has 0 saturated heterocycles. The Bertz CT molecular complexity index is 710. The van der Waals surface area contributed by atoms with Crippen LogP contribution in [0.5, 0.6) is 5.75 Å². The normalized spacial score (nSPS) is 13.4. The van der Waals surface area contributed by atoms with Crippen LogP contribution in [0.1, 0.15) is 32.7 Å². The van der Waals surface area contributed by atoms with E-state index in [2.05, 4.69) is 0 Å². The maximum Gasteiger partial charge on any atom is 0.261 e. The van der Waals surface area contributed by atoms with E-state index >= 15 is 0 Å². The molecular weight excluding hydrogens is 278 g/mol. The van der Waals surface area contributed by atoms with Crippen molar-refractivity contribution in [1.82, 2.24) is 4.90 Å². The van der Waals surface area contributed by atoms with Gasteiger partial charge < -0.3 is 4.74 Å². The van der Waals surface area contributed by atoms with E-state index < -0.39 is 0 Å². The van der Waals surface area contributed by atoms with E-state index in [-0.39, 0.29) is 11.8 Å². The summed E-state index contributed by atoms with van der Waals surface area (Å²) in [5.74, 6) is 0.391. The van der Waals surface area contributed by atoms with E-state index in [0.29, 0.717) is 30.7 Å². The Hall–Kier alpha value is -2.62. The third kappa shape index (κ3) is 2.60. The van der Waals surface area contributed by atoms with Gasteiger partial charge in [-0.1, -0.05) is 30.3 Å². The number of ether oxygens (including phenoxy) is 1. The molecule has 1 heterocycles. The standard InChI is InChI=1S/C18H17NO3/c1-13-7-5-10-15-16(13)18(21)19(17(15)20)11-6-12-22-14-8-3-2-4-9-14/h2-5,7-10H,6,11-12H2,1H3. The molecule has 0 unspecified atom stereocenters. The molecule has 0 saturated carbocycles. The molecule has 0 spiro atoms. The Balaban J connectivity index is 1.59. The third-order valence-corrected chi connectivity index (χ3v) is 3.75. The Morgan fingerprint density at radius 3 is 2.45 bits per heavy atom. The molecule has 0 fully saturated rings. The molecule has 22 heavy (non-hydrogen) atoms. The van der Waals surface area contributed by atoms with E-state index in [9.17, 15) is 9.59 Å². The van der Waals surface area contributed by atoms with Gasteiger partial charge in [-0.25, -0.2) is 0 Å². The molecule has 2 amide bonds. The van der Waals surface area contributed by atoms with Crippen molar-refractivity contribution in [2.45, 2.75) is 13.3 Å². The van der Waals surface area contributed by atoms with Crippen molar-refractivity contribution in [2.24, 2.45) is 0 Å². The van der Waals surface area contributed by atoms with E-state index in [4.69, 9.17) is 4.74 Å². The van der Waals surface area contributed by atoms with Gasteiger partial charge in [-0.15, -0.1) is 0 Å². The molecule has 2 aromatic rings. The topological polar surface area (TPSA) is 46.6 Å². The van der Waals surface area contributed by atoms with Crippen molar-refractivity contribution in [1.29, 1.82) is 0 Å². The quantitative estimate of drug-likeness (QED) is 0.629. The molecular formula is C18H17NO3. The van der Waals surface area contributed by atoms with Gasteiger partial charge >= 0.3 is 0 Å². The molecule has 1 aliphatic heterocycles. The lowest BCUT2D eigenvalue weighted by atomic mass is 10.0. The first kappa shape index (κ1) is 14.3. The Morgan fingerprint density at radius 2 is 1.73 bits per heavy atom. The highest BCUT2D eigenvalue weighted by Gasteiger charge is 2.35. The number of carbonyl (C=O) groups excluding carboxylic acids is 2. The fraction of sp³-hybridized carbons (Fsp3) is 0.222. The van der Waals surface area contributed by atoms with Gasteiger partial charge in [-0.2, -0.15) is 0 Å². The zero-order valence-electron chi connectivity index (χ0n) is 12.4. The van der Waals surface area contributed by atoms with Gasteiger partial charge in [0, 0.05) is 6.54 Å². The summed E-state index contributed by atoms with van der Waals surface area (Å²) in [6, 6.07) is 14.9. The zero-order valence-corrected chi connectivity index (χ0v) is 12.4. The second-order valence-electron chi connectivity index (χ2n) is 5.27. The SMILES string of the molecule is Cc1cccc2c1C(=O)N(CCCOc1ccccc1)C2=O. The minimum absolute atomic E-state index is 0.196. The van der Waals surface area contributed by atoms with E-state index in [1.165, 1.54) is 4.90 Å². The van der Waals surface area contributed by atoms with Crippen molar-refractivity contribution in [3.8, 4) is 5.75 Å². The highest BCUT2D eigenvalue weighted by atomic mass is 16.5. The first-order valence-electron chi connectivity index (χ1n) is 7.32. The average Bonchev–Trinajstić information content (AvgIpc) is 2.78. The molecule has 4 heteroatoms. The van der Waals surface area contributed by atoms with Crippen LogP contribution in [0.3, 0.4) is 0 Å². The van der Waals surface area contributed by atoms with Gasteiger partial charge in [0.1, 0.15) is 5.75 Å². The van der Waals surface area contributed by atoms with Gasteiger partial charge in [0.25, 0.3) is 11.8 Å². The number of aryl methyl sites for hydroxylation is 1. The molecule has 0 atom stereocenters. The summed E-state index contributed by atoms with van der Waals surface area (Å²) in [7, 11) is 0. The maximum atomic E-state index is 12.4. The largest absolute Gasteiger partial charge is 0.494 e. The molecule has 0 aliphatic carbocycles. The van der Waals surface area contributed by atoms with Gasteiger partial charge in [0.2, 0.25) is 0 Å². The van der Waals surface area contributed by atoms with Crippen LogP contribution in [0.25, 0.3) is 0 Å². The van der Waals surface area contributed by atoms with Crippen molar-refractivity contribution in [3.05, 3.63) is 65.2 Å². The predicted octanol–water partition coefficient (Wildman–Crippen LogP) is 3.06. The van der Waals surface area contributed by atoms with Crippen LogP contribution in [0, 0.1) is 6.92 Å². The van der Waals surface area contributed by atoms with Gasteiger partial charge in [0.05, 0.1) is 17.7 Å². The van der Waals surface area contributed by atoms with Crippen molar-refractivity contribution < 1.29 is 14.3 Å². The number of nitrogens with zero attached hydrogens (tertiary/aromatic N) is 1. The second kappa shape index (κ2) is 6.02. The van der Waals surface area contributed by atoms with E-state index in [1.807, 2.05) is 43.3 Å². The second-order valence-corrected chi connectivity index (χ2v) is 5.27. The minimum Gasteiger partial charge on any atom is -0.494 e. The summed E-state index contributed by atoms with van der Waals surface area (Å²) in [6.45, 7) is 2.70. The number of carbonyl (C=O) groups is 2. The summed E-state index contributed by atoms with van der Waals surface area (Å²) >= 11 is 0. The van der Waals surface area contributed by atoms with Crippen molar-refractivity contribution in [2.75, 3.05) is 13.2 Å². The fourth-order valence-corrected chi connectivity index (χ4v) is 2.63. The molecule has 0 aromatic heterocycles. The first-order valence-corrected chi connectivity index (χ1v) is 7.32. The van der Waals surface area contributed by atoms with E-state index in [0.717, 1.165) is 11.3 Å². The number of hydrogen-bond donors (Lipinski definition) is 0. The lowest BCUT2D eigenvalue weighted by Gasteiger charge is -2.14. The minimum atomic E-state index is -0.205. The van der Waals surface area contributed by atoms with Crippen LogP contribution < -0.4 is 4.74 Å². The van der Waals surface area contributed by atoms with Crippen LogP contribution in [-0.4, -0.2) is 29.9 Å². The number of hydrogen-bond acceptors (Lipinski definition) is 3. The first-order chi connectivity index (χ1) is 10.7. The fourth-order valence-electron chi connectivity index (χ4n) is 2.63. The molecule has 4 nitrogen and oxygen atoms in total. The lowest BCUT2D eigenvalue weighted by Crippen LogP contribution is -2.31. The Labute approximate surface area is 129 Å². The molecule has 0 bridgehead atoms. The summed E-state index contributed by atoms with van der Waals surface area (Å²) in [4.78, 5) is 26.0. The number of fused-ring (bicyclic) bond motifs is 1. The molecule has 0 N–H and O–H groups in total. The number of rotatable bonds is 5. The van der Waals surface area contributed by atoms with Gasteiger partial charge in [-0.05, 0) is 37.1 Å². The highest BCUT2D eigenvalue weighted by molar-refractivity contribution is 6.22. The highest BCUT2D eigenvalue weighted by Crippen LogP contribution is 2.25. The summed E-state index contributed by atoms with van der Waals surface area (Å²) in [6.07, 6.45) is 0.611. The average molecular weight is 295 g/mol. The Morgan fingerprint density at radius 1 is 0.955 bits per heavy atom. The van der Waals surface area contributed by atoms with Gasteiger partial charge in [0.15, 0.2) is 0 Å². The van der Waals surface area contributed by atoms with Crippen molar-refractivity contribution in [3.63, 3.8) is 0 Å². The van der Waals surface area contributed by atoms with Crippen molar-refractivity contribution >= 4 is 11.8 Å². The summed E-state index contributed by atoms with van der Waals surface area (Å²) in [5.41, 5.74) is 1.89. The van der Waals surface area contributed by atoms with Crippen LogP contribution in [0.4, 0.5) is 0 Å². The van der Waals surface area contributed by atoms with Crippen LogP contribution in [0.15, 0.2) is 48.5 Å². The van der Waals surface area contributed by atoms with Crippen LogP contribution in [-0.2, 0) is 0 Å². The third-order valence-electron chi connectivity index (χ3n) is 3.75. The van der Waals surface area contributed by atoms with Crippen LogP contribution >= 0.6 is 0 Å².